The van der Waals surface area contributed by atoms with Crippen LogP contribution < -0.4 is 0 Å². The molecule has 0 heterocycles. The predicted octanol–water partition coefficient (Wildman–Crippen LogP) is 6.07. The maximum Gasteiger partial charge on any atom is 0.183 e. The molecular formula is C27H44O5. The summed E-state index contributed by atoms with van der Waals surface area (Å²) in [5.41, 5.74) is -2.08. The van der Waals surface area contributed by atoms with Crippen LogP contribution in [0.2, 0.25) is 0 Å². The summed E-state index contributed by atoms with van der Waals surface area (Å²) in [6.45, 7) is 15.5. The van der Waals surface area contributed by atoms with Crippen molar-refractivity contribution in [2.45, 2.75) is 99.5 Å². The summed E-state index contributed by atoms with van der Waals surface area (Å²) in [5.74, 6) is -1.06. The highest BCUT2D eigenvalue weighted by Crippen LogP contribution is 2.51. The third kappa shape index (κ3) is 4.83. The van der Waals surface area contributed by atoms with Crippen LogP contribution in [0.15, 0.2) is 22.7 Å². The van der Waals surface area contributed by atoms with Gasteiger partial charge in [0.05, 0.1) is 11.0 Å². The average molecular weight is 449 g/mol. The molecule has 0 radical (unpaired) electrons. The van der Waals surface area contributed by atoms with Crippen LogP contribution in [0.25, 0.3) is 0 Å². The maximum atomic E-state index is 13.5. The van der Waals surface area contributed by atoms with Crippen LogP contribution in [0.5, 0.6) is 0 Å². The molecule has 0 aromatic heterocycles. The van der Waals surface area contributed by atoms with Crippen molar-refractivity contribution in [2.75, 3.05) is 0 Å². The molecule has 1 fully saturated rings. The maximum absolute atomic E-state index is 13.5. The van der Waals surface area contributed by atoms with Gasteiger partial charge in [0.1, 0.15) is 17.1 Å². The lowest BCUT2D eigenvalue weighted by Gasteiger charge is -2.38. The summed E-state index contributed by atoms with van der Waals surface area (Å²) in [7, 11) is 0. The largest absolute Gasteiger partial charge is 0.511 e. The smallest absolute Gasteiger partial charge is 0.183 e. The Morgan fingerprint density at radius 2 is 1.72 bits per heavy atom. The zero-order valence-corrected chi connectivity index (χ0v) is 21.3. The normalized spacial score (nSPS) is 32.4. The van der Waals surface area contributed by atoms with Gasteiger partial charge in [0, 0.05) is 11.5 Å². The number of hydrogen-bond acceptors (Lipinski definition) is 5. The van der Waals surface area contributed by atoms with Crippen LogP contribution in [-0.2, 0) is 9.59 Å². The molecule has 0 aromatic carbocycles. The van der Waals surface area contributed by atoms with E-state index in [4.69, 9.17) is 0 Å². The summed E-state index contributed by atoms with van der Waals surface area (Å²) in [4.78, 5) is 26.7. The third-order valence-corrected chi connectivity index (χ3v) is 8.17. The van der Waals surface area contributed by atoms with Crippen LogP contribution in [-0.4, -0.2) is 32.5 Å². The van der Waals surface area contributed by atoms with E-state index < -0.39 is 22.7 Å². The molecule has 32 heavy (non-hydrogen) atoms. The molecule has 0 spiro atoms. The minimum Gasteiger partial charge on any atom is -0.511 e. The van der Waals surface area contributed by atoms with Gasteiger partial charge in [0.15, 0.2) is 11.6 Å². The van der Waals surface area contributed by atoms with E-state index in [1.807, 2.05) is 13.8 Å². The Labute approximate surface area is 194 Å². The fourth-order valence-electron chi connectivity index (χ4n) is 5.45. The first-order valence-corrected chi connectivity index (χ1v) is 12.4. The molecule has 0 saturated heterocycles. The fraction of sp³-hybridized carbons (Fsp3) is 0.778. The minimum atomic E-state index is -1.25. The van der Waals surface area contributed by atoms with Crippen LogP contribution in [0.4, 0.5) is 0 Å². The molecule has 2 aliphatic carbocycles. The van der Waals surface area contributed by atoms with Gasteiger partial charge in [0.25, 0.3) is 0 Å². The zero-order chi connectivity index (χ0) is 24.6. The third-order valence-electron chi connectivity index (χ3n) is 8.17. The van der Waals surface area contributed by atoms with E-state index in [2.05, 4.69) is 27.7 Å². The second-order valence-corrected chi connectivity index (χ2v) is 11.4. The first kappa shape index (κ1) is 26.6. The Balaban J connectivity index is 2.63. The van der Waals surface area contributed by atoms with Crippen molar-refractivity contribution in [3.8, 4) is 0 Å². The van der Waals surface area contributed by atoms with Crippen LogP contribution in [0.3, 0.4) is 0 Å². The number of Topliss-reactive ketones (excluding diaryl/α,β-unsaturated/α-hetero) is 2. The molecule has 0 unspecified atom stereocenters. The SMILES string of the molecule is CC[C@H](C)C(=O)C1=C(O)C(C[C@H]2[C@H](C(C)C)CC[C@@]2(C)O)=C(O)[C@@](C)(CCC(C)C)C1=O. The van der Waals surface area contributed by atoms with Crippen LogP contribution in [0, 0.1) is 35.0 Å². The van der Waals surface area contributed by atoms with Gasteiger partial charge in [0.2, 0.25) is 0 Å². The van der Waals surface area contributed by atoms with Crippen molar-refractivity contribution in [3.05, 3.63) is 22.7 Å². The number of aliphatic hydroxyl groups excluding tert-OH is 2. The quantitative estimate of drug-likeness (QED) is 0.372. The van der Waals surface area contributed by atoms with E-state index in [1.54, 1.807) is 13.8 Å². The Kier molecular flexibility index (Phi) is 8.08. The number of rotatable bonds is 9. The fourth-order valence-corrected chi connectivity index (χ4v) is 5.45. The molecule has 3 N–H and O–H groups in total. The van der Waals surface area contributed by atoms with Gasteiger partial charge in [-0.2, -0.15) is 0 Å². The van der Waals surface area contributed by atoms with Gasteiger partial charge >= 0.3 is 0 Å². The highest BCUT2D eigenvalue weighted by molar-refractivity contribution is 6.24. The van der Waals surface area contributed by atoms with Crippen molar-refractivity contribution in [2.24, 2.45) is 35.0 Å². The molecule has 5 atom stereocenters. The van der Waals surface area contributed by atoms with E-state index in [-0.39, 0.29) is 46.7 Å². The topological polar surface area (TPSA) is 94.8 Å². The molecule has 182 valence electrons. The van der Waals surface area contributed by atoms with Crippen molar-refractivity contribution in [3.63, 3.8) is 0 Å². The van der Waals surface area contributed by atoms with E-state index in [0.29, 0.717) is 37.5 Å². The Hall–Kier alpha value is -1.62. The number of aliphatic hydroxyl groups is 3. The summed E-state index contributed by atoms with van der Waals surface area (Å²) in [5, 5.41) is 33.7. The lowest BCUT2D eigenvalue weighted by molar-refractivity contribution is -0.129. The highest BCUT2D eigenvalue weighted by atomic mass is 16.3. The molecule has 5 heteroatoms. The van der Waals surface area contributed by atoms with Gasteiger partial charge in [-0.1, -0.05) is 41.5 Å². The second kappa shape index (κ2) is 9.70. The zero-order valence-electron chi connectivity index (χ0n) is 21.3. The van der Waals surface area contributed by atoms with E-state index >= 15 is 0 Å². The highest BCUT2D eigenvalue weighted by Gasteiger charge is 2.51. The van der Waals surface area contributed by atoms with Crippen molar-refractivity contribution in [1.82, 2.24) is 0 Å². The summed E-state index contributed by atoms with van der Waals surface area (Å²) in [6, 6.07) is 0. The van der Waals surface area contributed by atoms with Gasteiger partial charge < -0.3 is 15.3 Å². The van der Waals surface area contributed by atoms with Gasteiger partial charge in [-0.05, 0) is 76.0 Å². The average Bonchev–Trinajstić information content (AvgIpc) is 3.01. The van der Waals surface area contributed by atoms with Crippen LogP contribution in [0.1, 0.15) is 93.9 Å². The van der Waals surface area contributed by atoms with Crippen LogP contribution >= 0.6 is 0 Å². The molecule has 5 nitrogen and oxygen atoms in total. The van der Waals surface area contributed by atoms with Crippen molar-refractivity contribution >= 4 is 11.6 Å². The van der Waals surface area contributed by atoms with Crippen molar-refractivity contribution in [1.29, 1.82) is 0 Å². The molecule has 1 saturated carbocycles. The van der Waals surface area contributed by atoms with E-state index in [0.717, 1.165) is 6.42 Å². The minimum absolute atomic E-state index is 0.133. The molecular weight excluding hydrogens is 404 g/mol. The molecule has 0 bridgehead atoms. The molecule has 0 aliphatic heterocycles. The van der Waals surface area contributed by atoms with Gasteiger partial charge in [-0.25, -0.2) is 0 Å². The number of ketones is 2. The summed E-state index contributed by atoms with van der Waals surface area (Å²) < 4.78 is 0. The lowest BCUT2D eigenvalue weighted by atomic mass is 9.66. The second-order valence-electron chi connectivity index (χ2n) is 11.4. The molecule has 0 amide bonds. The molecule has 0 aromatic rings. The van der Waals surface area contributed by atoms with E-state index in [9.17, 15) is 24.9 Å². The number of carbonyl (C=O) groups is 2. The summed E-state index contributed by atoms with van der Waals surface area (Å²) >= 11 is 0. The predicted molar refractivity (Wildman–Crippen MR) is 127 cm³/mol. The Morgan fingerprint density at radius 1 is 1.12 bits per heavy atom. The summed E-state index contributed by atoms with van der Waals surface area (Å²) in [6.07, 6.45) is 3.44. The monoisotopic (exact) mass is 448 g/mol. The number of allylic oxidation sites excluding steroid dienone is 3. The molecule has 2 aliphatic rings. The number of carbonyl (C=O) groups excluding carboxylic acids is 2. The van der Waals surface area contributed by atoms with Gasteiger partial charge in [-0.3, -0.25) is 9.59 Å². The van der Waals surface area contributed by atoms with E-state index in [1.165, 1.54) is 0 Å². The first-order chi connectivity index (χ1) is 14.7. The Morgan fingerprint density at radius 3 is 2.22 bits per heavy atom. The molecule has 2 rings (SSSR count). The number of hydrogen-bond donors (Lipinski definition) is 3. The Bertz CT molecular complexity index is 801. The lowest BCUT2D eigenvalue weighted by Crippen LogP contribution is -2.41. The van der Waals surface area contributed by atoms with Gasteiger partial charge in [-0.15, -0.1) is 0 Å². The first-order valence-electron chi connectivity index (χ1n) is 12.4. The standard InChI is InChI=1S/C27H44O5/c1-9-17(6)22(28)21-23(29)19(14-20-18(16(4)5)11-13-27(20,8)32)24(30)26(7,25(21)31)12-10-15(2)3/h15-18,20,29-30,32H,9-14H2,1-8H3/t17-,18-,20-,26+,27+/m0/s1. The van der Waals surface area contributed by atoms with Crippen molar-refractivity contribution < 1.29 is 24.9 Å².